The summed E-state index contributed by atoms with van der Waals surface area (Å²) in [6.07, 6.45) is 4.44. The third kappa shape index (κ3) is 9.49. The highest BCUT2D eigenvalue weighted by Crippen LogP contribution is 2.39. The Labute approximate surface area is 263 Å². The number of rotatable bonds is 16. The maximum absolute atomic E-state index is 13.1. The van der Waals surface area contributed by atoms with Gasteiger partial charge in [-0.2, -0.15) is 28.1 Å². The number of methoxy groups -OCH3 is 1. The highest BCUT2D eigenvalue weighted by atomic mass is 35.5. The number of halogens is 1. The van der Waals surface area contributed by atoms with E-state index in [1.165, 1.54) is 7.11 Å². The van der Waals surface area contributed by atoms with Gasteiger partial charge in [-0.15, -0.1) is 0 Å². The molecule has 0 aliphatic heterocycles. The number of benzene rings is 2. The van der Waals surface area contributed by atoms with Gasteiger partial charge in [0.2, 0.25) is 11.2 Å². The maximum atomic E-state index is 13.1. The topological polar surface area (TPSA) is 156 Å². The lowest BCUT2D eigenvalue weighted by Gasteiger charge is -2.41. The van der Waals surface area contributed by atoms with Crippen LogP contribution in [0.5, 0.6) is 11.8 Å². The molecule has 4 N–H and O–H groups in total. The van der Waals surface area contributed by atoms with Crippen LogP contribution in [0.3, 0.4) is 0 Å². The summed E-state index contributed by atoms with van der Waals surface area (Å²) in [6.45, 7) is 3.26. The molecule has 12 nitrogen and oxygen atoms in total. The third-order valence-electron chi connectivity index (χ3n) is 7.61. The average molecular weight is 646 g/mol. The molecule has 1 aromatic heterocycles. The van der Waals surface area contributed by atoms with Crippen molar-refractivity contribution in [2.24, 2.45) is 0 Å². The van der Waals surface area contributed by atoms with Crippen molar-refractivity contribution >= 4 is 33.7 Å². The van der Waals surface area contributed by atoms with E-state index < -0.39 is 10.2 Å². The molecule has 44 heavy (non-hydrogen) atoms. The van der Waals surface area contributed by atoms with Gasteiger partial charge in [0.15, 0.2) is 0 Å². The summed E-state index contributed by atoms with van der Waals surface area (Å²) in [5, 5.41) is 6.03. The van der Waals surface area contributed by atoms with Crippen LogP contribution < -0.4 is 29.6 Å². The molecule has 4 rings (SSSR count). The second-order valence-electron chi connectivity index (χ2n) is 10.7. The number of nitrogens with zero attached hydrogens (tertiary/aromatic N) is 3. The van der Waals surface area contributed by atoms with Crippen LogP contribution in [0.1, 0.15) is 61.4 Å². The minimum atomic E-state index is -3.77. The molecule has 0 saturated heterocycles. The molecule has 0 spiro atoms. The Hall–Kier alpha value is -3.52. The highest BCUT2D eigenvalue weighted by Gasteiger charge is 2.38. The molecule has 1 amide bonds. The Balaban J connectivity index is 1.29. The van der Waals surface area contributed by atoms with E-state index in [1.807, 2.05) is 31.2 Å². The summed E-state index contributed by atoms with van der Waals surface area (Å²) >= 11 is 5.96. The average Bonchev–Trinajstić information content (AvgIpc) is 3.03. The Morgan fingerprint density at radius 1 is 1.02 bits per heavy atom. The van der Waals surface area contributed by atoms with Crippen molar-refractivity contribution in [3.8, 4) is 11.8 Å². The van der Waals surface area contributed by atoms with Crippen molar-refractivity contribution in [1.29, 1.82) is 0 Å². The fourth-order valence-electron chi connectivity index (χ4n) is 5.23. The first-order valence-electron chi connectivity index (χ1n) is 14.8. The van der Waals surface area contributed by atoms with Gasteiger partial charge < -0.3 is 20.1 Å². The van der Waals surface area contributed by atoms with Crippen molar-refractivity contribution < 1.29 is 22.7 Å². The van der Waals surface area contributed by atoms with Crippen LogP contribution in [0.15, 0.2) is 54.6 Å². The van der Waals surface area contributed by atoms with Crippen LogP contribution in [0, 0.1) is 0 Å². The van der Waals surface area contributed by atoms with E-state index in [0.29, 0.717) is 50.1 Å². The predicted molar refractivity (Wildman–Crippen MR) is 169 cm³/mol. The molecular formula is C30H40ClN7O5S. The minimum absolute atomic E-state index is 0.0144. The van der Waals surface area contributed by atoms with Crippen LogP contribution in [0.2, 0.25) is 5.28 Å². The lowest BCUT2D eigenvalue weighted by atomic mass is 9.68. The number of para-hydroxylation sites is 1. The number of ether oxygens (including phenoxy) is 2. The minimum Gasteiger partial charge on any atom is -0.496 e. The van der Waals surface area contributed by atoms with Crippen molar-refractivity contribution in [2.45, 2.75) is 56.9 Å². The first kappa shape index (κ1) is 33.4. The molecule has 0 bridgehead atoms. The SMILES string of the molecule is CCCCOc1nc(Cl)nc(NCCNS(=O)(=O)N[C@H]2CC[C@](CNC(=O)c3ccccc3OC)(c3ccccc3)CC2)n1. The van der Waals surface area contributed by atoms with Crippen molar-refractivity contribution in [2.75, 3.05) is 38.7 Å². The van der Waals surface area contributed by atoms with Crippen molar-refractivity contribution in [3.63, 3.8) is 0 Å². The Bertz CT molecular complexity index is 1470. The van der Waals surface area contributed by atoms with E-state index in [9.17, 15) is 13.2 Å². The second-order valence-corrected chi connectivity index (χ2v) is 12.5. The number of amides is 1. The summed E-state index contributed by atoms with van der Waals surface area (Å²) in [4.78, 5) is 25.2. The molecule has 1 aliphatic rings. The molecule has 14 heteroatoms. The molecule has 0 atom stereocenters. The van der Waals surface area contributed by atoms with Gasteiger partial charge in [-0.1, -0.05) is 55.8 Å². The zero-order chi connectivity index (χ0) is 31.4. The quantitative estimate of drug-likeness (QED) is 0.170. The van der Waals surface area contributed by atoms with Gasteiger partial charge in [0.1, 0.15) is 5.75 Å². The summed E-state index contributed by atoms with van der Waals surface area (Å²) in [5.41, 5.74) is 1.26. The second kappa shape index (κ2) is 16.0. The maximum Gasteiger partial charge on any atom is 0.322 e. The number of hydrogen-bond acceptors (Lipinski definition) is 9. The third-order valence-corrected chi connectivity index (χ3v) is 9.00. The van der Waals surface area contributed by atoms with E-state index in [-0.39, 0.29) is 47.7 Å². The number of aromatic nitrogens is 3. The van der Waals surface area contributed by atoms with Gasteiger partial charge >= 0.3 is 6.01 Å². The number of unbranched alkanes of at least 4 members (excludes halogenated alkanes) is 1. The van der Waals surface area contributed by atoms with E-state index in [4.69, 9.17) is 21.1 Å². The van der Waals surface area contributed by atoms with Gasteiger partial charge in [-0.3, -0.25) is 4.79 Å². The van der Waals surface area contributed by atoms with Crippen LogP contribution >= 0.6 is 11.6 Å². The van der Waals surface area contributed by atoms with Crippen molar-refractivity contribution in [3.05, 3.63) is 71.0 Å². The largest absolute Gasteiger partial charge is 0.496 e. The molecule has 1 aliphatic carbocycles. The highest BCUT2D eigenvalue weighted by molar-refractivity contribution is 7.87. The number of nitrogens with one attached hydrogen (secondary N) is 4. The van der Waals surface area contributed by atoms with Gasteiger partial charge in [-0.25, -0.2) is 4.72 Å². The molecule has 3 aromatic rings. The first-order chi connectivity index (χ1) is 21.2. The molecule has 1 fully saturated rings. The molecule has 0 unspecified atom stereocenters. The molecule has 238 valence electrons. The molecule has 1 saturated carbocycles. The Morgan fingerprint density at radius 3 is 2.48 bits per heavy atom. The van der Waals surface area contributed by atoms with E-state index >= 15 is 0 Å². The Morgan fingerprint density at radius 2 is 1.75 bits per heavy atom. The smallest absolute Gasteiger partial charge is 0.322 e. The summed E-state index contributed by atoms with van der Waals surface area (Å²) in [6, 6.07) is 17.0. The molecule has 2 aromatic carbocycles. The van der Waals surface area contributed by atoms with Gasteiger partial charge in [0.05, 0.1) is 19.3 Å². The van der Waals surface area contributed by atoms with Gasteiger partial charge in [0, 0.05) is 31.1 Å². The number of carbonyl (C=O) groups excluding carboxylic acids is 1. The first-order valence-corrected chi connectivity index (χ1v) is 16.6. The van der Waals surface area contributed by atoms with Crippen LogP contribution in [0.25, 0.3) is 0 Å². The zero-order valence-corrected chi connectivity index (χ0v) is 26.6. The fourth-order valence-corrected chi connectivity index (χ4v) is 6.51. The van der Waals surface area contributed by atoms with Gasteiger partial charge in [0.25, 0.3) is 16.1 Å². The number of carbonyl (C=O) groups is 1. The Kier molecular flexibility index (Phi) is 12.1. The number of anilines is 1. The van der Waals surface area contributed by atoms with Gasteiger partial charge in [-0.05, 0) is 61.4 Å². The van der Waals surface area contributed by atoms with E-state index in [1.54, 1.807) is 18.2 Å². The van der Waals surface area contributed by atoms with E-state index in [0.717, 1.165) is 18.4 Å². The number of hydrogen-bond donors (Lipinski definition) is 4. The van der Waals surface area contributed by atoms with Crippen LogP contribution in [-0.4, -0.2) is 68.7 Å². The summed E-state index contributed by atoms with van der Waals surface area (Å²) in [7, 11) is -2.23. The zero-order valence-electron chi connectivity index (χ0n) is 25.0. The van der Waals surface area contributed by atoms with Crippen LogP contribution in [0.4, 0.5) is 5.95 Å². The molecule has 1 heterocycles. The lowest BCUT2D eigenvalue weighted by Crippen LogP contribution is -2.49. The van der Waals surface area contributed by atoms with E-state index in [2.05, 4.69) is 47.2 Å². The molecule has 0 radical (unpaired) electrons. The molecular weight excluding hydrogens is 606 g/mol. The fraction of sp³-hybridized carbons (Fsp3) is 0.467. The van der Waals surface area contributed by atoms with Crippen LogP contribution in [-0.2, 0) is 15.6 Å². The predicted octanol–water partition coefficient (Wildman–Crippen LogP) is 3.86. The summed E-state index contributed by atoms with van der Waals surface area (Å²) < 4.78 is 41.8. The standard InChI is InChI=1S/C30H40ClN7O5S/c1-3-4-20-43-29-36-27(31)35-28(37-29)32-18-19-34-44(40,41)38-23-14-16-30(17-15-23,22-10-6-5-7-11-22)21-33-26(39)24-12-8-9-13-25(24)42-2/h5-13,23,34,38H,3-4,14-21H2,1-2H3,(H,33,39)(H,32,35,36,37)/t23-,30-. The summed E-state index contributed by atoms with van der Waals surface area (Å²) in [5.74, 6) is 0.502. The van der Waals surface area contributed by atoms with Crippen molar-refractivity contribution in [1.82, 2.24) is 29.7 Å². The lowest BCUT2D eigenvalue weighted by molar-refractivity contribution is 0.0932. The monoisotopic (exact) mass is 645 g/mol. The normalized spacial score (nSPS) is 18.4.